The topological polar surface area (TPSA) is 80.7 Å². The van der Waals surface area contributed by atoms with Crippen LogP contribution in [0.2, 0.25) is 0 Å². The molecule has 20 heavy (non-hydrogen) atoms. The van der Waals surface area contributed by atoms with Crippen LogP contribution in [0.4, 0.5) is 0 Å². The van der Waals surface area contributed by atoms with Crippen LogP contribution in [0.5, 0.6) is 0 Å². The molecule has 2 rings (SSSR count). The Balaban J connectivity index is 2.49. The van der Waals surface area contributed by atoms with Gasteiger partial charge in [0.25, 0.3) is 5.56 Å². The lowest BCUT2D eigenvalue weighted by molar-refractivity contribution is 0.570. The summed E-state index contributed by atoms with van der Waals surface area (Å²) in [4.78, 5) is 28.0. The Morgan fingerprint density at radius 1 is 1.35 bits per heavy atom. The molecule has 0 aliphatic carbocycles. The van der Waals surface area contributed by atoms with Crippen LogP contribution in [0, 0.1) is 11.3 Å². The molecule has 0 unspecified atom stereocenters. The van der Waals surface area contributed by atoms with Gasteiger partial charge in [-0.3, -0.25) is 9.36 Å². The lowest BCUT2D eigenvalue weighted by Gasteiger charge is -2.09. The van der Waals surface area contributed by atoms with Crippen LogP contribution in [-0.4, -0.2) is 14.1 Å². The summed E-state index contributed by atoms with van der Waals surface area (Å²) in [6, 6.07) is 6.68. The van der Waals surface area contributed by atoms with Gasteiger partial charge in [0.15, 0.2) is 0 Å². The lowest BCUT2D eigenvalue weighted by atomic mass is 10.2. The maximum atomic E-state index is 12.2. The summed E-state index contributed by atoms with van der Waals surface area (Å²) in [5, 5.41) is 8.99. The van der Waals surface area contributed by atoms with E-state index in [9.17, 15) is 9.59 Å². The molecule has 0 aromatic carbocycles. The van der Waals surface area contributed by atoms with Gasteiger partial charge in [-0.2, -0.15) is 5.26 Å². The van der Waals surface area contributed by atoms with Crippen LogP contribution in [0.3, 0.4) is 0 Å². The Labute approximate surface area is 115 Å². The number of nitriles is 1. The second kappa shape index (κ2) is 5.97. The van der Waals surface area contributed by atoms with Crippen LogP contribution in [-0.2, 0) is 13.1 Å². The van der Waals surface area contributed by atoms with Crippen molar-refractivity contribution in [2.75, 3.05) is 0 Å². The maximum absolute atomic E-state index is 12.2. The highest BCUT2D eigenvalue weighted by atomic mass is 16.2. The molecule has 0 radical (unpaired) electrons. The third-order valence-corrected chi connectivity index (χ3v) is 2.93. The van der Waals surface area contributed by atoms with E-state index in [-0.39, 0.29) is 23.5 Å². The van der Waals surface area contributed by atoms with Gasteiger partial charge in [0.1, 0.15) is 11.8 Å². The van der Waals surface area contributed by atoms with E-state index in [1.165, 1.54) is 23.0 Å². The molecular formula is C14H14N4O2. The molecule has 0 saturated heterocycles. The second-order valence-electron chi connectivity index (χ2n) is 4.34. The molecule has 0 bridgehead atoms. The minimum atomic E-state index is -0.380. The van der Waals surface area contributed by atoms with Gasteiger partial charge >= 0.3 is 5.69 Å². The van der Waals surface area contributed by atoms with Crippen LogP contribution >= 0.6 is 0 Å². The minimum absolute atomic E-state index is 0.0545. The van der Waals surface area contributed by atoms with Gasteiger partial charge in [-0.05, 0) is 12.5 Å². The monoisotopic (exact) mass is 270 g/mol. The van der Waals surface area contributed by atoms with E-state index in [1.807, 2.05) is 13.0 Å². The fourth-order valence-electron chi connectivity index (χ4n) is 1.95. The molecule has 0 N–H and O–H groups in total. The fourth-order valence-corrected chi connectivity index (χ4v) is 1.95. The SMILES string of the molecule is CCCn1ccc(=O)n(Cc2cccnc2C#N)c1=O. The molecular weight excluding hydrogens is 256 g/mol. The van der Waals surface area contributed by atoms with Crippen molar-refractivity contribution in [3.05, 3.63) is 62.7 Å². The van der Waals surface area contributed by atoms with Crippen LogP contribution in [0.1, 0.15) is 24.6 Å². The number of aromatic nitrogens is 3. The van der Waals surface area contributed by atoms with Crippen molar-refractivity contribution in [3.8, 4) is 6.07 Å². The summed E-state index contributed by atoms with van der Waals surface area (Å²) < 4.78 is 2.61. The van der Waals surface area contributed by atoms with E-state index in [4.69, 9.17) is 5.26 Å². The molecule has 6 nitrogen and oxygen atoms in total. The number of pyridine rings is 1. The van der Waals surface area contributed by atoms with Crippen LogP contribution < -0.4 is 11.2 Å². The molecule has 0 saturated carbocycles. The first kappa shape index (κ1) is 13.7. The summed E-state index contributed by atoms with van der Waals surface area (Å²) in [5.74, 6) is 0. The molecule has 0 atom stereocenters. The average molecular weight is 270 g/mol. The van der Waals surface area contributed by atoms with E-state index in [0.717, 1.165) is 11.0 Å². The normalized spacial score (nSPS) is 10.2. The van der Waals surface area contributed by atoms with Gasteiger partial charge in [-0.1, -0.05) is 13.0 Å². The Bertz CT molecular complexity index is 768. The predicted octanol–water partition coefficient (Wildman–Crippen LogP) is 0.735. The molecule has 6 heteroatoms. The van der Waals surface area contributed by atoms with Crippen molar-refractivity contribution < 1.29 is 0 Å². The van der Waals surface area contributed by atoms with E-state index in [2.05, 4.69) is 4.98 Å². The first-order valence-corrected chi connectivity index (χ1v) is 6.31. The highest BCUT2D eigenvalue weighted by molar-refractivity contribution is 5.30. The highest BCUT2D eigenvalue weighted by Gasteiger charge is 2.09. The number of hydrogen-bond acceptors (Lipinski definition) is 4. The molecule has 2 aromatic heterocycles. The van der Waals surface area contributed by atoms with Crippen molar-refractivity contribution in [2.45, 2.75) is 26.4 Å². The molecule has 0 fully saturated rings. The second-order valence-corrected chi connectivity index (χ2v) is 4.34. The first-order chi connectivity index (χ1) is 9.67. The lowest BCUT2D eigenvalue weighted by Crippen LogP contribution is -2.39. The molecule has 2 heterocycles. The minimum Gasteiger partial charge on any atom is -0.300 e. The van der Waals surface area contributed by atoms with Crippen molar-refractivity contribution >= 4 is 0 Å². The third-order valence-electron chi connectivity index (χ3n) is 2.93. The standard InChI is InChI=1S/C14H14N4O2/c1-2-7-17-8-5-13(19)18(14(17)20)10-11-4-3-6-16-12(11)9-15/h3-6,8H,2,7,10H2,1H3. The molecule has 102 valence electrons. The molecule has 0 aliphatic heterocycles. The average Bonchev–Trinajstić information content (AvgIpc) is 2.47. The highest BCUT2D eigenvalue weighted by Crippen LogP contribution is 2.04. The van der Waals surface area contributed by atoms with Gasteiger partial charge in [0, 0.05) is 30.6 Å². The summed E-state index contributed by atoms with van der Waals surface area (Å²) in [6.45, 7) is 2.56. The maximum Gasteiger partial charge on any atom is 0.331 e. The largest absolute Gasteiger partial charge is 0.331 e. The molecule has 0 aliphatic rings. The Kier molecular flexibility index (Phi) is 4.11. The van der Waals surface area contributed by atoms with Gasteiger partial charge < -0.3 is 4.57 Å². The summed E-state index contributed by atoms with van der Waals surface area (Å²) in [5.41, 5.74) is 0.0373. The van der Waals surface area contributed by atoms with Crippen LogP contribution in [0.25, 0.3) is 0 Å². The number of rotatable bonds is 4. The summed E-state index contributed by atoms with van der Waals surface area (Å²) in [7, 11) is 0. The van der Waals surface area contributed by atoms with Crippen molar-refractivity contribution in [3.63, 3.8) is 0 Å². The quantitative estimate of drug-likeness (QED) is 0.820. The Morgan fingerprint density at radius 3 is 2.85 bits per heavy atom. The molecule has 2 aromatic rings. The zero-order chi connectivity index (χ0) is 14.5. The summed E-state index contributed by atoms with van der Waals surface area (Å²) >= 11 is 0. The number of hydrogen-bond donors (Lipinski definition) is 0. The van der Waals surface area contributed by atoms with E-state index < -0.39 is 0 Å². The van der Waals surface area contributed by atoms with Crippen molar-refractivity contribution in [2.24, 2.45) is 0 Å². The van der Waals surface area contributed by atoms with Crippen molar-refractivity contribution in [1.82, 2.24) is 14.1 Å². The zero-order valence-corrected chi connectivity index (χ0v) is 11.1. The fraction of sp³-hybridized carbons (Fsp3) is 0.286. The van der Waals surface area contributed by atoms with Gasteiger partial charge in [0.05, 0.1) is 6.54 Å². The first-order valence-electron chi connectivity index (χ1n) is 6.31. The van der Waals surface area contributed by atoms with E-state index in [1.54, 1.807) is 12.1 Å². The van der Waals surface area contributed by atoms with Gasteiger partial charge in [-0.15, -0.1) is 0 Å². The predicted molar refractivity (Wildman–Crippen MR) is 73.3 cm³/mol. The van der Waals surface area contributed by atoms with Gasteiger partial charge in [0.2, 0.25) is 0 Å². The van der Waals surface area contributed by atoms with E-state index >= 15 is 0 Å². The number of aryl methyl sites for hydroxylation is 1. The van der Waals surface area contributed by atoms with Gasteiger partial charge in [-0.25, -0.2) is 9.78 Å². The van der Waals surface area contributed by atoms with Crippen molar-refractivity contribution in [1.29, 1.82) is 5.26 Å². The Hall–Kier alpha value is -2.68. The smallest absolute Gasteiger partial charge is 0.300 e. The number of nitrogens with zero attached hydrogens (tertiary/aromatic N) is 4. The Morgan fingerprint density at radius 2 is 2.15 bits per heavy atom. The molecule has 0 spiro atoms. The third kappa shape index (κ3) is 2.67. The summed E-state index contributed by atoms with van der Waals surface area (Å²) in [6.07, 6.45) is 3.80. The van der Waals surface area contributed by atoms with E-state index in [0.29, 0.717) is 12.1 Å². The molecule has 0 amide bonds. The van der Waals surface area contributed by atoms with Crippen LogP contribution in [0.15, 0.2) is 40.2 Å². The zero-order valence-electron chi connectivity index (χ0n) is 11.1.